The molecule has 0 aliphatic heterocycles. The minimum atomic E-state index is -0.493. The lowest BCUT2D eigenvalue weighted by Gasteiger charge is -2.04. The fraction of sp³-hybridized carbons (Fsp3) is 0.0714. The molecule has 0 aliphatic rings. The zero-order valence-electron chi connectivity index (χ0n) is 19.9. The first-order chi connectivity index (χ1) is 18.0. The van der Waals surface area contributed by atoms with Crippen molar-refractivity contribution in [2.75, 3.05) is 7.11 Å². The van der Waals surface area contributed by atoms with Crippen molar-refractivity contribution in [2.24, 2.45) is 0 Å². The summed E-state index contributed by atoms with van der Waals surface area (Å²) in [6.07, 6.45) is 3.57. The summed E-state index contributed by atoms with van der Waals surface area (Å²) in [5, 5.41) is 9.19. The van der Waals surface area contributed by atoms with E-state index in [0.29, 0.717) is 32.1 Å². The third kappa shape index (κ3) is 4.09. The summed E-state index contributed by atoms with van der Waals surface area (Å²) >= 11 is 1.25. The molecule has 0 spiro atoms. The van der Waals surface area contributed by atoms with Gasteiger partial charge in [-0.1, -0.05) is 53.8 Å². The van der Waals surface area contributed by atoms with Crippen molar-refractivity contribution in [1.29, 1.82) is 0 Å². The minimum absolute atomic E-state index is 0.147. The van der Waals surface area contributed by atoms with Gasteiger partial charge in [0.2, 0.25) is 4.96 Å². The van der Waals surface area contributed by atoms with Gasteiger partial charge in [0.05, 0.1) is 17.3 Å². The van der Waals surface area contributed by atoms with E-state index in [1.807, 2.05) is 67.7 Å². The van der Waals surface area contributed by atoms with Crippen LogP contribution in [0, 0.1) is 12.7 Å². The highest BCUT2D eigenvalue weighted by molar-refractivity contribution is 7.15. The predicted octanol–water partition coefficient (Wildman–Crippen LogP) is 4.67. The van der Waals surface area contributed by atoms with Crippen LogP contribution in [-0.4, -0.2) is 31.5 Å². The lowest BCUT2D eigenvalue weighted by Crippen LogP contribution is -2.23. The summed E-state index contributed by atoms with van der Waals surface area (Å²) in [5.74, 6) is 0.167. The molecule has 9 heteroatoms. The Kier molecular flexibility index (Phi) is 5.61. The van der Waals surface area contributed by atoms with E-state index in [9.17, 15) is 9.18 Å². The highest BCUT2D eigenvalue weighted by Gasteiger charge is 2.16. The smallest absolute Gasteiger partial charge is 0.291 e. The van der Waals surface area contributed by atoms with Gasteiger partial charge in [0.1, 0.15) is 5.69 Å². The Hall–Kier alpha value is -4.63. The summed E-state index contributed by atoms with van der Waals surface area (Å²) in [7, 11) is 1.42. The van der Waals surface area contributed by atoms with Crippen molar-refractivity contribution in [1.82, 2.24) is 24.4 Å². The fourth-order valence-corrected chi connectivity index (χ4v) is 5.06. The molecule has 3 aromatic heterocycles. The molecule has 0 bridgehead atoms. The number of hydrogen-bond acceptors (Lipinski definition) is 6. The van der Waals surface area contributed by atoms with E-state index < -0.39 is 5.82 Å². The van der Waals surface area contributed by atoms with Crippen molar-refractivity contribution in [2.45, 2.75) is 6.92 Å². The number of nitrogens with zero attached hydrogens (tertiary/aromatic N) is 5. The van der Waals surface area contributed by atoms with Crippen LogP contribution in [0.2, 0.25) is 0 Å². The average Bonchev–Trinajstić information content (AvgIpc) is 3.60. The molecule has 0 saturated carbocycles. The number of halogens is 1. The summed E-state index contributed by atoms with van der Waals surface area (Å²) < 4.78 is 23.1. The second-order valence-corrected chi connectivity index (χ2v) is 9.43. The van der Waals surface area contributed by atoms with E-state index in [0.717, 1.165) is 16.8 Å². The molecule has 6 rings (SSSR count). The van der Waals surface area contributed by atoms with Gasteiger partial charge in [0.15, 0.2) is 17.4 Å². The van der Waals surface area contributed by atoms with Crippen LogP contribution in [0.5, 0.6) is 5.75 Å². The maximum atomic E-state index is 14.6. The molecule has 0 unspecified atom stereocenters. The van der Waals surface area contributed by atoms with E-state index in [-0.39, 0.29) is 11.3 Å². The van der Waals surface area contributed by atoms with Gasteiger partial charge in [0.25, 0.3) is 5.56 Å². The summed E-state index contributed by atoms with van der Waals surface area (Å²) in [6, 6.07) is 22.1. The second kappa shape index (κ2) is 9.11. The molecule has 37 heavy (non-hydrogen) atoms. The molecule has 0 saturated heterocycles. The number of thiazole rings is 1. The van der Waals surface area contributed by atoms with Gasteiger partial charge in [-0.15, -0.1) is 5.10 Å². The number of hydrogen-bond donors (Lipinski definition) is 0. The monoisotopic (exact) mass is 509 g/mol. The van der Waals surface area contributed by atoms with Gasteiger partial charge >= 0.3 is 0 Å². The van der Waals surface area contributed by atoms with Crippen LogP contribution >= 0.6 is 11.3 Å². The molecule has 0 radical (unpaired) electrons. The maximum absolute atomic E-state index is 14.6. The first-order valence-corrected chi connectivity index (χ1v) is 12.3. The molecular formula is C28H20FN5O2S. The van der Waals surface area contributed by atoms with Crippen LogP contribution < -0.4 is 14.8 Å². The highest BCUT2D eigenvalue weighted by atomic mass is 32.1. The van der Waals surface area contributed by atoms with Crippen molar-refractivity contribution >= 4 is 22.4 Å². The molecule has 0 atom stereocenters. The number of aryl methyl sites for hydroxylation is 1. The molecule has 6 aromatic rings. The zero-order chi connectivity index (χ0) is 25.5. The third-order valence-corrected chi connectivity index (χ3v) is 7.00. The largest absolute Gasteiger partial charge is 0.494 e. The summed E-state index contributed by atoms with van der Waals surface area (Å²) in [5.41, 5.74) is 4.24. The standard InChI is InChI=1S/C28H20FN5O2S/c1-17-8-6-7-11-21(17)26-30-28-34(32-26)27(35)24(37-28)15-19-16-33(20-9-4-3-5-10-20)31-25(19)18-12-13-23(36-2)22(29)14-18/h3-16H,1-2H3/b24-15-. The second-order valence-electron chi connectivity index (χ2n) is 8.42. The van der Waals surface area contributed by atoms with Crippen LogP contribution in [0.1, 0.15) is 11.1 Å². The molecule has 0 fully saturated rings. The van der Waals surface area contributed by atoms with Crippen molar-refractivity contribution < 1.29 is 9.13 Å². The lowest BCUT2D eigenvalue weighted by molar-refractivity contribution is 0.386. The number of fused-ring (bicyclic) bond motifs is 1. The topological polar surface area (TPSA) is 74.3 Å². The Morgan fingerprint density at radius 1 is 1.00 bits per heavy atom. The van der Waals surface area contributed by atoms with Gasteiger partial charge in [-0.3, -0.25) is 4.79 Å². The van der Waals surface area contributed by atoms with Crippen molar-refractivity contribution in [3.63, 3.8) is 0 Å². The van der Waals surface area contributed by atoms with Gasteiger partial charge in [0, 0.05) is 22.9 Å². The first kappa shape index (κ1) is 22.8. The quantitative estimate of drug-likeness (QED) is 0.338. The highest BCUT2D eigenvalue weighted by Crippen LogP contribution is 2.28. The molecule has 0 aliphatic carbocycles. The first-order valence-electron chi connectivity index (χ1n) is 11.5. The van der Waals surface area contributed by atoms with Crippen molar-refractivity contribution in [3.8, 4) is 34.1 Å². The van der Waals surface area contributed by atoms with Crippen molar-refractivity contribution in [3.05, 3.63) is 111 Å². The Morgan fingerprint density at radius 3 is 2.51 bits per heavy atom. The van der Waals surface area contributed by atoms with Crippen LogP contribution in [0.15, 0.2) is 83.8 Å². The van der Waals surface area contributed by atoms with E-state index in [4.69, 9.17) is 9.84 Å². The number of benzene rings is 3. The van der Waals surface area contributed by atoms with Crippen LogP contribution in [0.25, 0.3) is 39.4 Å². The lowest BCUT2D eigenvalue weighted by atomic mass is 10.1. The van der Waals surface area contributed by atoms with Gasteiger partial charge in [-0.25, -0.2) is 9.07 Å². The Labute approximate surface area is 214 Å². The minimum Gasteiger partial charge on any atom is -0.494 e. The van der Waals surface area contributed by atoms with E-state index in [2.05, 4.69) is 10.1 Å². The van der Waals surface area contributed by atoms with E-state index >= 15 is 0 Å². The molecule has 7 nitrogen and oxygen atoms in total. The summed E-state index contributed by atoms with van der Waals surface area (Å²) in [4.78, 5) is 18.4. The number of methoxy groups -OCH3 is 1. The normalized spacial score (nSPS) is 11.9. The maximum Gasteiger partial charge on any atom is 0.291 e. The molecule has 182 valence electrons. The van der Waals surface area contributed by atoms with Gasteiger partial charge in [-0.2, -0.15) is 14.6 Å². The Morgan fingerprint density at radius 2 is 1.78 bits per heavy atom. The number of para-hydroxylation sites is 1. The molecular weight excluding hydrogens is 489 g/mol. The zero-order valence-corrected chi connectivity index (χ0v) is 20.7. The number of aromatic nitrogens is 5. The van der Waals surface area contributed by atoms with Gasteiger partial charge < -0.3 is 4.74 Å². The SMILES string of the molecule is COc1ccc(-c2nn(-c3ccccc3)cc2/C=c2\sc3nc(-c4ccccc4C)nn3c2=O)cc1F. The van der Waals surface area contributed by atoms with Crippen LogP contribution in [-0.2, 0) is 0 Å². The summed E-state index contributed by atoms with van der Waals surface area (Å²) in [6.45, 7) is 1.98. The Balaban J connectivity index is 1.50. The van der Waals surface area contributed by atoms with Crippen LogP contribution in [0.4, 0.5) is 4.39 Å². The molecule has 0 N–H and O–H groups in total. The predicted molar refractivity (Wildman–Crippen MR) is 142 cm³/mol. The van der Waals surface area contributed by atoms with E-state index in [1.165, 1.54) is 29.0 Å². The Bertz CT molecular complexity index is 1870. The molecule has 3 aromatic carbocycles. The van der Waals surface area contributed by atoms with Gasteiger partial charge in [-0.05, 0) is 48.9 Å². The average molecular weight is 510 g/mol. The van der Waals surface area contributed by atoms with Crippen LogP contribution in [0.3, 0.4) is 0 Å². The van der Waals surface area contributed by atoms with E-state index in [1.54, 1.807) is 22.9 Å². The number of ether oxygens (including phenoxy) is 1. The fourth-order valence-electron chi connectivity index (χ4n) is 4.16. The third-order valence-electron chi connectivity index (χ3n) is 6.04. The number of rotatable bonds is 5. The molecule has 3 heterocycles. The molecule has 0 amide bonds.